The van der Waals surface area contributed by atoms with Crippen LogP contribution < -0.4 is 10.1 Å². The Morgan fingerprint density at radius 3 is 2.65 bits per heavy atom. The van der Waals surface area contributed by atoms with Crippen LogP contribution in [0.15, 0.2) is 30.3 Å². The van der Waals surface area contributed by atoms with Gasteiger partial charge >= 0.3 is 0 Å². The van der Waals surface area contributed by atoms with Gasteiger partial charge in [-0.1, -0.05) is 32.0 Å². The summed E-state index contributed by atoms with van der Waals surface area (Å²) in [6.07, 6.45) is 2.56. The monoisotopic (exact) mass is 277 g/mol. The second-order valence-corrected chi connectivity index (χ2v) is 6.02. The van der Waals surface area contributed by atoms with Crippen molar-refractivity contribution in [1.82, 2.24) is 5.32 Å². The highest BCUT2D eigenvalue weighted by Crippen LogP contribution is 2.42. The van der Waals surface area contributed by atoms with Crippen molar-refractivity contribution in [2.24, 2.45) is 5.41 Å². The number of hydrogen-bond acceptors (Lipinski definition) is 3. The molecule has 1 aliphatic rings. The van der Waals surface area contributed by atoms with Crippen molar-refractivity contribution in [3.63, 3.8) is 0 Å². The molecule has 2 rings (SSSR count). The second kappa shape index (κ2) is 7.09. The highest BCUT2D eigenvalue weighted by atomic mass is 16.5. The normalized spacial score (nSPS) is 24.1. The fourth-order valence-corrected chi connectivity index (χ4v) is 2.77. The lowest BCUT2D eigenvalue weighted by Gasteiger charge is -2.52. The van der Waals surface area contributed by atoms with Gasteiger partial charge in [-0.05, 0) is 38.4 Å². The SMILES string of the molecule is CCOC1CC(NCCCOc2ccccc2)C1(C)C. The van der Waals surface area contributed by atoms with E-state index in [1.807, 2.05) is 30.3 Å². The average Bonchev–Trinajstić information content (AvgIpc) is 2.46. The van der Waals surface area contributed by atoms with Gasteiger partial charge in [-0.15, -0.1) is 0 Å². The Kier molecular flexibility index (Phi) is 5.44. The van der Waals surface area contributed by atoms with Crippen molar-refractivity contribution in [2.75, 3.05) is 19.8 Å². The molecule has 1 saturated carbocycles. The molecule has 0 aromatic heterocycles. The molecule has 0 aliphatic heterocycles. The van der Waals surface area contributed by atoms with E-state index in [-0.39, 0.29) is 5.41 Å². The summed E-state index contributed by atoms with van der Waals surface area (Å²) in [6, 6.07) is 10.6. The topological polar surface area (TPSA) is 30.5 Å². The Balaban J connectivity index is 1.58. The summed E-state index contributed by atoms with van der Waals surface area (Å²) in [5.74, 6) is 0.952. The van der Waals surface area contributed by atoms with Gasteiger partial charge < -0.3 is 14.8 Å². The molecule has 20 heavy (non-hydrogen) atoms. The molecule has 1 aliphatic carbocycles. The quantitative estimate of drug-likeness (QED) is 0.740. The Labute approximate surface area is 122 Å². The molecule has 1 fully saturated rings. The predicted molar refractivity (Wildman–Crippen MR) is 82.2 cm³/mol. The molecular formula is C17H27NO2. The van der Waals surface area contributed by atoms with E-state index >= 15 is 0 Å². The van der Waals surface area contributed by atoms with E-state index in [1.165, 1.54) is 0 Å². The maximum absolute atomic E-state index is 5.74. The third kappa shape index (κ3) is 3.74. The van der Waals surface area contributed by atoms with Gasteiger partial charge in [0.2, 0.25) is 0 Å². The molecule has 2 unspecified atom stereocenters. The lowest BCUT2D eigenvalue weighted by molar-refractivity contribution is -0.114. The largest absolute Gasteiger partial charge is 0.494 e. The molecule has 0 saturated heterocycles. The summed E-state index contributed by atoms with van der Waals surface area (Å²) in [4.78, 5) is 0. The van der Waals surface area contributed by atoms with E-state index in [9.17, 15) is 0 Å². The summed E-state index contributed by atoms with van der Waals surface area (Å²) < 4.78 is 11.4. The fraction of sp³-hybridized carbons (Fsp3) is 0.647. The molecule has 1 N–H and O–H groups in total. The van der Waals surface area contributed by atoms with Crippen molar-refractivity contribution >= 4 is 0 Å². The minimum atomic E-state index is 0.246. The number of rotatable bonds is 8. The fourth-order valence-electron chi connectivity index (χ4n) is 2.77. The van der Waals surface area contributed by atoms with E-state index in [0.29, 0.717) is 12.1 Å². The molecule has 0 radical (unpaired) electrons. The molecule has 1 aromatic carbocycles. The second-order valence-electron chi connectivity index (χ2n) is 6.02. The van der Waals surface area contributed by atoms with Crippen LogP contribution in [0.3, 0.4) is 0 Å². The first kappa shape index (κ1) is 15.3. The smallest absolute Gasteiger partial charge is 0.119 e. The van der Waals surface area contributed by atoms with Gasteiger partial charge in [-0.3, -0.25) is 0 Å². The van der Waals surface area contributed by atoms with Gasteiger partial charge in [-0.2, -0.15) is 0 Å². The van der Waals surface area contributed by atoms with Crippen LogP contribution >= 0.6 is 0 Å². The Morgan fingerprint density at radius 1 is 1.25 bits per heavy atom. The molecule has 112 valence electrons. The van der Waals surface area contributed by atoms with Gasteiger partial charge in [0.25, 0.3) is 0 Å². The van der Waals surface area contributed by atoms with Crippen molar-refractivity contribution in [2.45, 2.75) is 45.8 Å². The van der Waals surface area contributed by atoms with E-state index in [2.05, 4.69) is 26.1 Å². The molecular weight excluding hydrogens is 250 g/mol. The van der Waals surface area contributed by atoms with Crippen LogP contribution in [-0.2, 0) is 4.74 Å². The van der Waals surface area contributed by atoms with Crippen LogP contribution in [0.4, 0.5) is 0 Å². The van der Waals surface area contributed by atoms with Crippen molar-refractivity contribution in [3.8, 4) is 5.75 Å². The summed E-state index contributed by atoms with van der Waals surface area (Å²) in [5, 5.41) is 3.62. The lowest BCUT2D eigenvalue weighted by atomic mass is 9.64. The molecule has 3 nitrogen and oxygen atoms in total. The zero-order chi connectivity index (χ0) is 14.4. The molecule has 0 amide bonds. The van der Waals surface area contributed by atoms with Crippen LogP contribution in [0.5, 0.6) is 5.75 Å². The lowest BCUT2D eigenvalue weighted by Crippen LogP contribution is -2.61. The van der Waals surface area contributed by atoms with Crippen LogP contribution in [0.25, 0.3) is 0 Å². The van der Waals surface area contributed by atoms with Crippen LogP contribution in [0, 0.1) is 5.41 Å². The number of ether oxygens (including phenoxy) is 2. The molecule has 0 spiro atoms. The third-order valence-corrected chi connectivity index (χ3v) is 4.27. The van der Waals surface area contributed by atoms with Crippen LogP contribution in [0.1, 0.15) is 33.6 Å². The van der Waals surface area contributed by atoms with Gasteiger partial charge in [0.15, 0.2) is 0 Å². The first-order chi connectivity index (χ1) is 9.64. The van der Waals surface area contributed by atoms with E-state index < -0.39 is 0 Å². The minimum Gasteiger partial charge on any atom is -0.494 e. The highest BCUT2D eigenvalue weighted by Gasteiger charge is 2.48. The zero-order valence-electron chi connectivity index (χ0n) is 12.9. The summed E-state index contributed by atoms with van der Waals surface area (Å²) in [5.41, 5.74) is 0.246. The van der Waals surface area contributed by atoms with Crippen LogP contribution in [0.2, 0.25) is 0 Å². The van der Waals surface area contributed by atoms with Gasteiger partial charge in [-0.25, -0.2) is 0 Å². The summed E-state index contributed by atoms with van der Waals surface area (Å²) in [7, 11) is 0. The molecule has 3 heteroatoms. The number of para-hydroxylation sites is 1. The average molecular weight is 277 g/mol. The molecule has 0 bridgehead atoms. The standard InChI is InChI=1S/C17H27NO2/c1-4-19-16-13-15(17(16,2)3)18-11-8-12-20-14-9-6-5-7-10-14/h5-7,9-10,15-16,18H,4,8,11-13H2,1-3H3. The Bertz CT molecular complexity index is 391. The maximum atomic E-state index is 5.74. The maximum Gasteiger partial charge on any atom is 0.119 e. The third-order valence-electron chi connectivity index (χ3n) is 4.27. The zero-order valence-corrected chi connectivity index (χ0v) is 12.9. The van der Waals surface area contributed by atoms with Crippen molar-refractivity contribution < 1.29 is 9.47 Å². The summed E-state index contributed by atoms with van der Waals surface area (Å²) in [6.45, 7) is 9.21. The van der Waals surface area contributed by atoms with Gasteiger partial charge in [0.1, 0.15) is 5.75 Å². The summed E-state index contributed by atoms with van der Waals surface area (Å²) >= 11 is 0. The van der Waals surface area contributed by atoms with E-state index in [4.69, 9.17) is 9.47 Å². The van der Waals surface area contributed by atoms with Crippen LogP contribution in [-0.4, -0.2) is 31.9 Å². The first-order valence-electron chi connectivity index (χ1n) is 7.67. The Hall–Kier alpha value is -1.06. The number of benzene rings is 1. The van der Waals surface area contributed by atoms with E-state index in [0.717, 1.165) is 38.3 Å². The molecule has 1 aromatic rings. The van der Waals surface area contributed by atoms with E-state index in [1.54, 1.807) is 0 Å². The first-order valence-corrected chi connectivity index (χ1v) is 7.67. The number of nitrogens with one attached hydrogen (secondary N) is 1. The molecule has 0 heterocycles. The molecule has 2 atom stereocenters. The van der Waals surface area contributed by atoms with Gasteiger partial charge in [0, 0.05) is 18.1 Å². The van der Waals surface area contributed by atoms with Crippen molar-refractivity contribution in [1.29, 1.82) is 0 Å². The highest BCUT2D eigenvalue weighted by molar-refractivity contribution is 5.20. The number of hydrogen-bond donors (Lipinski definition) is 1. The van der Waals surface area contributed by atoms with Crippen molar-refractivity contribution in [3.05, 3.63) is 30.3 Å². The predicted octanol–water partition coefficient (Wildman–Crippen LogP) is 3.25. The minimum absolute atomic E-state index is 0.246. The Morgan fingerprint density at radius 2 is 2.00 bits per heavy atom. The van der Waals surface area contributed by atoms with Gasteiger partial charge in [0.05, 0.1) is 12.7 Å².